The van der Waals surface area contributed by atoms with Crippen molar-refractivity contribution in [3.63, 3.8) is 0 Å². The molecule has 0 spiro atoms. The van der Waals surface area contributed by atoms with Gasteiger partial charge in [-0.3, -0.25) is 13.9 Å². The molecule has 0 radical (unpaired) electrons. The van der Waals surface area contributed by atoms with Gasteiger partial charge >= 0.3 is 0 Å². The first-order chi connectivity index (χ1) is 16.7. The number of sulfonamides is 1. The highest BCUT2D eigenvalue weighted by atomic mass is 35.5. The number of benzene rings is 2. The maximum Gasteiger partial charge on any atom is 0.243 e. The van der Waals surface area contributed by atoms with Crippen LogP contribution in [0.25, 0.3) is 0 Å². The Bertz CT molecular complexity index is 1130. The molecule has 0 heterocycles. The number of hydrogen-bond donors (Lipinski definition) is 1. The van der Waals surface area contributed by atoms with Gasteiger partial charge in [-0.1, -0.05) is 30.7 Å². The molecule has 2 aromatic carbocycles. The summed E-state index contributed by atoms with van der Waals surface area (Å²) in [6.45, 7) is 7.71. The molecule has 1 N–H and O–H groups in total. The zero-order chi connectivity index (χ0) is 27.1. The van der Waals surface area contributed by atoms with Crippen LogP contribution < -0.4 is 9.62 Å². The summed E-state index contributed by atoms with van der Waals surface area (Å²) >= 11 is 6.00. The molecule has 2 aromatic rings. The van der Waals surface area contributed by atoms with E-state index in [2.05, 4.69) is 5.32 Å². The van der Waals surface area contributed by atoms with Crippen molar-refractivity contribution in [1.82, 2.24) is 10.2 Å². The van der Waals surface area contributed by atoms with Gasteiger partial charge in [0.1, 0.15) is 11.9 Å². The molecule has 0 fully saturated rings. The van der Waals surface area contributed by atoms with Crippen molar-refractivity contribution in [2.75, 3.05) is 17.1 Å². The topological polar surface area (TPSA) is 86.8 Å². The number of carbonyl (C=O) groups excluding carboxylic acids is 2. The van der Waals surface area contributed by atoms with Crippen molar-refractivity contribution >= 4 is 39.1 Å². The number of nitrogens with zero attached hydrogens (tertiary/aromatic N) is 2. The van der Waals surface area contributed by atoms with Gasteiger partial charge in [-0.25, -0.2) is 12.8 Å². The molecule has 0 saturated heterocycles. The van der Waals surface area contributed by atoms with E-state index in [9.17, 15) is 22.4 Å². The second kappa shape index (κ2) is 12.5. The van der Waals surface area contributed by atoms with Gasteiger partial charge in [-0.2, -0.15) is 0 Å². The van der Waals surface area contributed by atoms with Crippen molar-refractivity contribution in [2.24, 2.45) is 0 Å². The third-order valence-corrected chi connectivity index (χ3v) is 6.86. The Morgan fingerprint density at radius 3 is 2.14 bits per heavy atom. The summed E-state index contributed by atoms with van der Waals surface area (Å²) in [7, 11) is -3.65. The van der Waals surface area contributed by atoms with Gasteiger partial charge < -0.3 is 10.2 Å². The van der Waals surface area contributed by atoms with E-state index in [1.54, 1.807) is 24.3 Å². The lowest BCUT2D eigenvalue weighted by Crippen LogP contribution is -2.53. The molecule has 0 bridgehead atoms. The van der Waals surface area contributed by atoms with Crippen LogP contribution in [0.3, 0.4) is 0 Å². The van der Waals surface area contributed by atoms with Gasteiger partial charge in [0.2, 0.25) is 21.8 Å². The molecule has 2 amide bonds. The predicted molar refractivity (Wildman–Crippen MR) is 142 cm³/mol. The van der Waals surface area contributed by atoms with Gasteiger partial charge in [0.05, 0.1) is 11.9 Å². The number of nitrogens with one attached hydrogen (secondary N) is 1. The molecule has 0 saturated carbocycles. The van der Waals surface area contributed by atoms with Crippen molar-refractivity contribution in [1.29, 1.82) is 0 Å². The zero-order valence-electron chi connectivity index (χ0n) is 21.4. The Hall–Kier alpha value is -2.65. The fraction of sp³-hybridized carbons (Fsp3) is 0.462. The zero-order valence-corrected chi connectivity index (χ0v) is 23.0. The van der Waals surface area contributed by atoms with Crippen LogP contribution in [0.5, 0.6) is 0 Å². The van der Waals surface area contributed by atoms with E-state index in [0.717, 1.165) is 16.1 Å². The average molecular weight is 540 g/mol. The molecule has 7 nitrogen and oxygen atoms in total. The van der Waals surface area contributed by atoms with Gasteiger partial charge in [-0.05, 0) is 75.6 Å². The van der Waals surface area contributed by atoms with E-state index < -0.39 is 27.4 Å². The number of amides is 2. The third kappa shape index (κ3) is 9.09. The van der Waals surface area contributed by atoms with Gasteiger partial charge in [0.25, 0.3) is 0 Å². The molecule has 0 aliphatic carbocycles. The lowest BCUT2D eigenvalue weighted by Gasteiger charge is -2.33. The third-order valence-electron chi connectivity index (χ3n) is 5.42. The number of anilines is 1. The molecule has 198 valence electrons. The Morgan fingerprint density at radius 1 is 1.06 bits per heavy atom. The lowest BCUT2D eigenvalue weighted by atomic mass is 10.0. The van der Waals surface area contributed by atoms with Crippen LogP contribution >= 0.6 is 11.6 Å². The number of hydrogen-bond acceptors (Lipinski definition) is 4. The summed E-state index contributed by atoms with van der Waals surface area (Å²) in [6.07, 6.45) is 1.72. The van der Waals surface area contributed by atoms with E-state index in [0.29, 0.717) is 17.1 Å². The number of halogens is 2. The van der Waals surface area contributed by atoms with Crippen LogP contribution in [0.4, 0.5) is 10.1 Å². The van der Waals surface area contributed by atoms with Crippen LogP contribution in [0.15, 0.2) is 48.5 Å². The highest BCUT2D eigenvalue weighted by Crippen LogP contribution is 2.21. The fourth-order valence-electron chi connectivity index (χ4n) is 3.77. The molecular formula is C26H35ClFN3O4S. The molecule has 0 aromatic heterocycles. The molecule has 0 aliphatic heterocycles. The first kappa shape index (κ1) is 29.6. The van der Waals surface area contributed by atoms with Crippen molar-refractivity contribution in [2.45, 2.75) is 65.1 Å². The van der Waals surface area contributed by atoms with Crippen LogP contribution in [-0.2, 0) is 26.2 Å². The SMILES string of the molecule is CCC(C(=O)NC(C)(C)C)N(Cc1ccc(Cl)cc1)C(=O)CCCN(c1ccc(F)cc1)S(C)(=O)=O. The van der Waals surface area contributed by atoms with E-state index in [1.807, 2.05) is 27.7 Å². The summed E-state index contributed by atoms with van der Waals surface area (Å²) < 4.78 is 39.1. The monoisotopic (exact) mass is 539 g/mol. The molecule has 1 unspecified atom stereocenters. The highest BCUT2D eigenvalue weighted by Gasteiger charge is 2.30. The van der Waals surface area contributed by atoms with Crippen LogP contribution in [0, 0.1) is 5.82 Å². The van der Waals surface area contributed by atoms with Crippen molar-refractivity contribution in [3.05, 3.63) is 64.9 Å². The summed E-state index contributed by atoms with van der Waals surface area (Å²) in [5, 5.41) is 3.51. The Morgan fingerprint density at radius 2 is 1.64 bits per heavy atom. The number of rotatable bonds is 11. The average Bonchev–Trinajstić information content (AvgIpc) is 2.76. The Balaban J connectivity index is 2.22. The Kier molecular flexibility index (Phi) is 10.3. The fourth-order valence-corrected chi connectivity index (χ4v) is 4.86. The highest BCUT2D eigenvalue weighted by molar-refractivity contribution is 7.92. The minimum absolute atomic E-state index is 0.0279. The number of carbonyl (C=O) groups is 2. The van der Waals surface area contributed by atoms with E-state index in [-0.39, 0.29) is 37.7 Å². The minimum atomic E-state index is -3.65. The first-order valence-corrected chi connectivity index (χ1v) is 14.0. The van der Waals surface area contributed by atoms with Gasteiger partial charge in [0.15, 0.2) is 0 Å². The largest absolute Gasteiger partial charge is 0.350 e. The molecule has 1 atom stereocenters. The standard InChI is InChI=1S/C26H35ClFN3O4S/c1-6-23(25(33)29-26(2,3)4)30(18-19-9-11-20(27)12-10-19)24(32)8-7-17-31(36(5,34)35)22-15-13-21(28)14-16-22/h9-16,23H,6-8,17-18H2,1-5H3,(H,29,33). The quantitative estimate of drug-likeness (QED) is 0.446. The normalized spacial score (nSPS) is 12.6. The second-order valence-electron chi connectivity index (χ2n) is 9.73. The minimum Gasteiger partial charge on any atom is -0.350 e. The van der Waals surface area contributed by atoms with Gasteiger partial charge in [0, 0.05) is 30.1 Å². The van der Waals surface area contributed by atoms with Crippen LogP contribution in [0.2, 0.25) is 5.02 Å². The van der Waals surface area contributed by atoms with E-state index >= 15 is 0 Å². The van der Waals surface area contributed by atoms with E-state index in [4.69, 9.17) is 11.6 Å². The van der Waals surface area contributed by atoms with Crippen LogP contribution in [-0.4, -0.2) is 49.5 Å². The van der Waals surface area contributed by atoms with Crippen LogP contribution in [0.1, 0.15) is 52.5 Å². The predicted octanol–water partition coefficient (Wildman–Crippen LogP) is 4.75. The molecule has 0 aliphatic rings. The van der Waals surface area contributed by atoms with Gasteiger partial charge in [-0.15, -0.1) is 0 Å². The van der Waals surface area contributed by atoms with E-state index in [1.165, 1.54) is 29.2 Å². The summed E-state index contributed by atoms with van der Waals surface area (Å²) in [6, 6.07) is 11.5. The summed E-state index contributed by atoms with van der Waals surface area (Å²) in [5.74, 6) is -0.996. The molecule has 2 rings (SSSR count). The van der Waals surface area contributed by atoms with Crippen molar-refractivity contribution in [3.8, 4) is 0 Å². The smallest absolute Gasteiger partial charge is 0.243 e. The maximum absolute atomic E-state index is 13.4. The second-order valence-corrected chi connectivity index (χ2v) is 12.1. The van der Waals surface area contributed by atoms with Crippen molar-refractivity contribution < 1.29 is 22.4 Å². The maximum atomic E-state index is 13.4. The molecule has 36 heavy (non-hydrogen) atoms. The molecule has 10 heteroatoms. The summed E-state index contributed by atoms with van der Waals surface area (Å²) in [5.41, 5.74) is 0.671. The summed E-state index contributed by atoms with van der Waals surface area (Å²) in [4.78, 5) is 28.0. The Labute approximate surface area is 218 Å². The lowest BCUT2D eigenvalue weighted by molar-refractivity contribution is -0.142. The molecular weight excluding hydrogens is 505 g/mol. The first-order valence-electron chi connectivity index (χ1n) is 11.8.